The normalized spacial score (nSPS) is 15.7. The second kappa shape index (κ2) is 4.26. The summed E-state index contributed by atoms with van der Waals surface area (Å²) in [7, 11) is 4.22. The number of furan rings is 1. The monoisotopic (exact) mass is 240 g/mol. The van der Waals surface area contributed by atoms with Crippen LogP contribution in [0.1, 0.15) is 5.76 Å². The van der Waals surface area contributed by atoms with E-state index >= 15 is 0 Å². The van der Waals surface area contributed by atoms with E-state index < -0.39 is 0 Å². The first-order valence-corrected chi connectivity index (χ1v) is 6.04. The summed E-state index contributed by atoms with van der Waals surface area (Å²) in [5, 5.41) is 0. The molecular weight excluding hydrogens is 224 g/mol. The Morgan fingerprint density at radius 1 is 1.00 bits per heavy atom. The van der Waals surface area contributed by atoms with Crippen molar-refractivity contribution < 1.29 is 4.42 Å². The van der Waals surface area contributed by atoms with E-state index in [1.807, 2.05) is 18.2 Å². The zero-order valence-electron chi connectivity index (χ0n) is 10.6. The van der Waals surface area contributed by atoms with Crippen molar-refractivity contribution >= 4 is 17.5 Å². The Morgan fingerprint density at radius 2 is 1.67 bits per heavy atom. The number of likely N-dealkylation sites (N-methyl/N-ethyl adjacent to an activating group) is 2. The Kier molecular flexibility index (Phi) is 2.59. The van der Waals surface area contributed by atoms with Gasteiger partial charge in [-0.2, -0.15) is 0 Å². The van der Waals surface area contributed by atoms with Gasteiger partial charge >= 0.3 is 0 Å². The van der Waals surface area contributed by atoms with Crippen LogP contribution in [0.3, 0.4) is 0 Å². The molecule has 0 atom stereocenters. The Balaban J connectivity index is 1.88. The molecule has 1 aliphatic heterocycles. The number of hydrogen-bond acceptors (Lipinski definition) is 3. The molecule has 0 bridgehead atoms. The van der Waals surface area contributed by atoms with Gasteiger partial charge in [0.2, 0.25) is 0 Å². The average molecular weight is 240 g/mol. The molecule has 3 rings (SSSR count). The first-order chi connectivity index (χ1) is 8.77. The number of anilines is 2. The van der Waals surface area contributed by atoms with Gasteiger partial charge in [0, 0.05) is 14.1 Å². The molecule has 0 amide bonds. The van der Waals surface area contributed by atoms with Crippen LogP contribution >= 0.6 is 0 Å². The Bertz CT molecular complexity index is 531. The van der Waals surface area contributed by atoms with Gasteiger partial charge in [0.1, 0.15) is 11.9 Å². The number of benzene rings is 1. The fraction of sp³-hybridized carbons (Fsp3) is 0.200. The van der Waals surface area contributed by atoms with E-state index in [1.54, 1.807) is 6.26 Å². The summed E-state index contributed by atoms with van der Waals surface area (Å²) in [4.78, 5) is 4.52. The summed E-state index contributed by atoms with van der Waals surface area (Å²) < 4.78 is 5.32. The molecule has 0 fully saturated rings. The lowest BCUT2D eigenvalue weighted by molar-refractivity contribution is 0.556. The molecule has 92 valence electrons. The van der Waals surface area contributed by atoms with E-state index in [2.05, 4.69) is 54.2 Å². The van der Waals surface area contributed by atoms with Gasteiger partial charge in [0.15, 0.2) is 0 Å². The van der Waals surface area contributed by atoms with Gasteiger partial charge in [-0.1, -0.05) is 12.1 Å². The van der Waals surface area contributed by atoms with E-state index in [1.165, 1.54) is 11.4 Å². The SMILES string of the molecule is CN1c2ccccc2N(C)C1C=Cc1ccco1. The van der Waals surface area contributed by atoms with Crippen LogP contribution in [-0.2, 0) is 0 Å². The van der Waals surface area contributed by atoms with Crippen LogP contribution in [0, 0.1) is 0 Å². The van der Waals surface area contributed by atoms with Crippen LogP contribution < -0.4 is 9.80 Å². The third-order valence-electron chi connectivity index (χ3n) is 3.41. The van der Waals surface area contributed by atoms with Crippen molar-refractivity contribution in [2.45, 2.75) is 6.17 Å². The molecule has 0 saturated heterocycles. The largest absolute Gasteiger partial charge is 0.465 e. The first-order valence-electron chi connectivity index (χ1n) is 6.04. The number of nitrogens with zero attached hydrogens (tertiary/aromatic N) is 2. The van der Waals surface area contributed by atoms with Gasteiger partial charge in [0.05, 0.1) is 17.6 Å². The Labute approximate surface area is 107 Å². The molecule has 1 aromatic heterocycles. The number of fused-ring (bicyclic) bond motifs is 1. The van der Waals surface area contributed by atoms with Crippen LogP contribution in [0.5, 0.6) is 0 Å². The van der Waals surface area contributed by atoms with Crippen molar-refractivity contribution in [1.82, 2.24) is 0 Å². The smallest absolute Gasteiger partial charge is 0.126 e. The molecule has 1 aliphatic rings. The van der Waals surface area contributed by atoms with Gasteiger partial charge in [-0.25, -0.2) is 0 Å². The predicted octanol–water partition coefficient (Wildman–Crippen LogP) is 3.21. The molecule has 2 heterocycles. The summed E-state index contributed by atoms with van der Waals surface area (Å²) in [5.41, 5.74) is 2.52. The van der Waals surface area contributed by atoms with Crippen molar-refractivity contribution in [3.8, 4) is 0 Å². The number of rotatable bonds is 2. The summed E-state index contributed by atoms with van der Waals surface area (Å²) in [6.45, 7) is 0. The highest BCUT2D eigenvalue weighted by atomic mass is 16.3. The summed E-state index contributed by atoms with van der Waals surface area (Å²) in [5.74, 6) is 0.882. The molecule has 0 saturated carbocycles. The maximum Gasteiger partial charge on any atom is 0.126 e. The number of hydrogen-bond donors (Lipinski definition) is 0. The topological polar surface area (TPSA) is 19.6 Å². The Hall–Kier alpha value is -2.16. The lowest BCUT2D eigenvalue weighted by Gasteiger charge is -2.24. The third-order valence-corrected chi connectivity index (χ3v) is 3.41. The van der Waals surface area contributed by atoms with Gasteiger partial charge in [0.25, 0.3) is 0 Å². The van der Waals surface area contributed by atoms with E-state index in [4.69, 9.17) is 4.42 Å². The van der Waals surface area contributed by atoms with Crippen molar-refractivity contribution in [2.75, 3.05) is 23.9 Å². The molecule has 3 nitrogen and oxygen atoms in total. The maximum absolute atomic E-state index is 5.32. The van der Waals surface area contributed by atoms with Gasteiger partial charge in [-0.15, -0.1) is 0 Å². The van der Waals surface area contributed by atoms with E-state index in [-0.39, 0.29) is 6.17 Å². The van der Waals surface area contributed by atoms with Gasteiger partial charge in [-0.3, -0.25) is 0 Å². The zero-order valence-corrected chi connectivity index (χ0v) is 10.6. The number of para-hydroxylation sites is 2. The van der Waals surface area contributed by atoms with E-state index in [0.717, 1.165) is 5.76 Å². The molecule has 3 heteroatoms. The molecule has 0 spiro atoms. The van der Waals surface area contributed by atoms with Gasteiger partial charge in [-0.05, 0) is 36.4 Å². The third kappa shape index (κ3) is 1.68. The van der Waals surface area contributed by atoms with Crippen molar-refractivity contribution in [3.63, 3.8) is 0 Å². The van der Waals surface area contributed by atoms with E-state index in [0.29, 0.717) is 0 Å². The van der Waals surface area contributed by atoms with E-state index in [9.17, 15) is 0 Å². The van der Waals surface area contributed by atoms with Crippen LogP contribution in [0.15, 0.2) is 53.2 Å². The van der Waals surface area contributed by atoms with Crippen molar-refractivity contribution in [2.24, 2.45) is 0 Å². The zero-order chi connectivity index (χ0) is 12.5. The van der Waals surface area contributed by atoms with Crippen LogP contribution in [0.4, 0.5) is 11.4 Å². The fourth-order valence-electron chi connectivity index (χ4n) is 2.43. The molecule has 0 aliphatic carbocycles. The maximum atomic E-state index is 5.32. The minimum Gasteiger partial charge on any atom is -0.465 e. The minimum absolute atomic E-state index is 0.229. The standard InChI is InChI=1S/C15H16N2O/c1-16-13-7-3-4-8-14(13)17(2)15(16)10-9-12-6-5-11-18-12/h3-11,15H,1-2H3. The lowest BCUT2D eigenvalue weighted by Crippen LogP contribution is -2.37. The van der Waals surface area contributed by atoms with Crippen LogP contribution in [-0.4, -0.2) is 20.3 Å². The van der Waals surface area contributed by atoms with Crippen molar-refractivity contribution in [3.05, 3.63) is 54.5 Å². The molecule has 0 N–H and O–H groups in total. The second-order valence-electron chi connectivity index (χ2n) is 4.50. The molecular formula is C15H16N2O. The quantitative estimate of drug-likeness (QED) is 0.803. The predicted molar refractivity (Wildman–Crippen MR) is 74.8 cm³/mol. The second-order valence-corrected chi connectivity index (χ2v) is 4.50. The molecule has 2 aromatic rings. The highest BCUT2D eigenvalue weighted by Gasteiger charge is 2.28. The van der Waals surface area contributed by atoms with Crippen LogP contribution in [0.2, 0.25) is 0 Å². The summed E-state index contributed by atoms with van der Waals surface area (Å²) in [6.07, 6.45) is 6.09. The average Bonchev–Trinajstić information content (AvgIpc) is 2.98. The Morgan fingerprint density at radius 3 is 2.22 bits per heavy atom. The molecule has 1 aromatic carbocycles. The minimum atomic E-state index is 0.229. The lowest BCUT2D eigenvalue weighted by atomic mass is 10.3. The van der Waals surface area contributed by atoms with Gasteiger partial charge < -0.3 is 14.2 Å². The van der Waals surface area contributed by atoms with Crippen molar-refractivity contribution in [1.29, 1.82) is 0 Å². The molecule has 0 radical (unpaired) electrons. The first kappa shape index (κ1) is 11.0. The summed E-state index contributed by atoms with van der Waals surface area (Å²) in [6, 6.07) is 12.3. The molecule has 0 unspecified atom stereocenters. The fourth-order valence-corrected chi connectivity index (χ4v) is 2.43. The highest BCUT2D eigenvalue weighted by molar-refractivity contribution is 5.78. The molecule has 18 heavy (non-hydrogen) atoms. The summed E-state index contributed by atoms with van der Waals surface area (Å²) >= 11 is 0. The van der Waals surface area contributed by atoms with Crippen LogP contribution in [0.25, 0.3) is 6.08 Å². The highest BCUT2D eigenvalue weighted by Crippen LogP contribution is 2.37.